The number of rotatable bonds is 1. The summed E-state index contributed by atoms with van der Waals surface area (Å²) in [5.74, 6) is 0. The number of thiocyanates is 1. The van der Waals surface area contributed by atoms with Gasteiger partial charge < -0.3 is 0 Å². The Hall–Kier alpha value is -0.700. The predicted octanol–water partition coefficient (Wildman–Crippen LogP) is 3.47. The summed E-state index contributed by atoms with van der Waals surface area (Å²) in [6, 6.07) is 4.03. The smallest absolute Gasteiger partial charge is 0.165 e. The summed E-state index contributed by atoms with van der Waals surface area (Å²) in [7, 11) is 0. The largest absolute Gasteiger partial charge is 0.227 e. The molecule has 0 N–H and O–H groups in total. The minimum atomic E-state index is 0.781. The molecule has 5 heteroatoms. The van der Waals surface area contributed by atoms with Crippen molar-refractivity contribution < 1.29 is 0 Å². The van der Waals surface area contributed by atoms with E-state index in [1.54, 1.807) is 0 Å². The van der Waals surface area contributed by atoms with Gasteiger partial charge in [-0.05, 0) is 18.6 Å². The molecule has 0 amide bonds. The van der Waals surface area contributed by atoms with Crippen molar-refractivity contribution >= 4 is 45.9 Å². The van der Waals surface area contributed by atoms with E-state index in [0.717, 1.165) is 36.8 Å². The van der Waals surface area contributed by atoms with Crippen LogP contribution in [0.25, 0.3) is 10.2 Å². The van der Waals surface area contributed by atoms with Gasteiger partial charge in [0.25, 0.3) is 0 Å². The number of aryl methyl sites for hydroxylation is 1. The molecule has 0 fully saturated rings. The van der Waals surface area contributed by atoms with Crippen LogP contribution in [0, 0.1) is 17.6 Å². The topological polar surface area (TPSA) is 36.7 Å². The van der Waals surface area contributed by atoms with Crippen LogP contribution < -0.4 is 0 Å². The van der Waals surface area contributed by atoms with Crippen molar-refractivity contribution in [3.05, 3.63) is 17.7 Å². The van der Waals surface area contributed by atoms with E-state index in [-0.39, 0.29) is 0 Å². The van der Waals surface area contributed by atoms with Crippen molar-refractivity contribution in [2.45, 2.75) is 16.2 Å². The standard InChI is InChI=1S/C9H6N2S3/c1-5-2-3-6-7(8(5)12)11-9(14-6)13-4-10/h2-3,12H,1H3. The molecule has 70 valence electrons. The molecule has 0 bridgehead atoms. The van der Waals surface area contributed by atoms with Gasteiger partial charge in [0.15, 0.2) is 4.34 Å². The molecular weight excluding hydrogens is 232 g/mol. The van der Waals surface area contributed by atoms with Gasteiger partial charge in [-0.25, -0.2) is 4.98 Å². The van der Waals surface area contributed by atoms with Gasteiger partial charge >= 0.3 is 0 Å². The van der Waals surface area contributed by atoms with E-state index in [1.807, 2.05) is 24.5 Å². The molecule has 0 spiro atoms. The highest BCUT2D eigenvalue weighted by molar-refractivity contribution is 8.05. The van der Waals surface area contributed by atoms with Gasteiger partial charge in [-0.15, -0.1) is 24.0 Å². The third-order valence-corrected chi connectivity index (χ3v) is 4.09. The normalized spacial score (nSPS) is 10.4. The number of thioether (sulfide) groups is 1. The minimum Gasteiger partial charge on any atom is -0.227 e. The van der Waals surface area contributed by atoms with Gasteiger partial charge in [0.05, 0.1) is 10.2 Å². The zero-order chi connectivity index (χ0) is 10.1. The van der Waals surface area contributed by atoms with Crippen LogP contribution in [-0.2, 0) is 0 Å². The number of benzene rings is 1. The molecule has 0 aliphatic heterocycles. The van der Waals surface area contributed by atoms with Gasteiger partial charge in [0.2, 0.25) is 0 Å². The molecular formula is C9H6N2S3. The molecule has 1 aromatic carbocycles. The summed E-state index contributed by atoms with van der Waals surface area (Å²) in [4.78, 5) is 5.25. The van der Waals surface area contributed by atoms with Crippen LogP contribution in [0.1, 0.15) is 5.56 Å². The van der Waals surface area contributed by atoms with Gasteiger partial charge in [-0.3, -0.25) is 0 Å². The molecule has 0 saturated carbocycles. The number of nitrogens with zero attached hydrogens (tertiary/aromatic N) is 2. The number of fused-ring (bicyclic) bond motifs is 1. The first-order valence-electron chi connectivity index (χ1n) is 3.87. The molecule has 0 saturated heterocycles. The molecule has 0 aliphatic rings. The fraction of sp³-hybridized carbons (Fsp3) is 0.111. The van der Waals surface area contributed by atoms with Crippen LogP contribution in [0.2, 0.25) is 0 Å². The predicted molar refractivity (Wildman–Crippen MR) is 63.1 cm³/mol. The van der Waals surface area contributed by atoms with Crippen molar-refractivity contribution in [1.82, 2.24) is 4.98 Å². The Labute approximate surface area is 95.4 Å². The van der Waals surface area contributed by atoms with Crippen molar-refractivity contribution in [1.29, 1.82) is 5.26 Å². The first kappa shape index (κ1) is 9.84. The Bertz CT molecular complexity index is 525. The third-order valence-electron chi connectivity index (χ3n) is 1.85. The fourth-order valence-electron chi connectivity index (χ4n) is 1.14. The van der Waals surface area contributed by atoms with Gasteiger partial charge in [-0.1, -0.05) is 6.07 Å². The Kier molecular flexibility index (Phi) is 2.68. The van der Waals surface area contributed by atoms with E-state index in [0.29, 0.717) is 0 Å². The van der Waals surface area contributed by atoms with E-state index < -0.39 is 0 Å². The molecule has 2 nitrogen and oxygen atoms in total. The number of nitriles is 1. The molecule has 1 heterocycles. The highest BCUT2D eigenvalue weighted by Gasteiger charge is 2.08. The van der Waals surface area contributed by atoms with Crippen LogP contribution >= 0.6 is 35.7 Å². The summed E-state index contributed by atoms with van der Waals surface area (Å²) < 4.78 is 1.86. The van der Waals surface area contributed by atoms with Crippen LogP contribution in [0.3, 0.4) is 0 Å². The van der Waals surface area contributed by atoms with E-state index in [9.17, 15) is 0 Å². The molecule has 2 rings (SSSR count). The molecule has 0 atom stereocenters. The summed E-state index contributed by atoms with van der Waals surface area (Å²) in [5.41, 5.74) is 2.01. The van der Waals surface area contributed by atoms with E-state index in [2.05, 4.69) is 17.6 Å². The number of thiol groups is 1. The number of thiazole rings is 1. The Balaban J connectivity index is 2.66. The van der Waals surface area contributed by atoms with E-state index in [4.69, 9.17) is 5.26 Å². The second-order valence-electron chi connectivity index (χ2n) is 2.75. The van der Waals surface area contributed by atoms with Crippen molar-refractivity contribution in [3.63, 3.8) is 0 Å². The van der Waals surface area contributed by atoms with Crippen molar-refractivity contribution in [3.8, 4) is 5.40 Å². The molecule has 0 unspecified atom stereocenters. The van der Waals surface area contributed by atoms with E-state index >= 15 is 0 Å². The maximum atomic E-state index is 8.53. The molecule has 0 radical (unpaired) electrons. The summed E-state index contributed by atoms with van der Waals surface area (Å²) >= 11 is 7.02. The minimum absolute atomic E-state index is 0.781. The van der Waals surface area contributed by atoms with Crippen LogP contribution in [0.15, 0.2) is 21.4 Å². The first-order chi connectivity index (χ1) is 6.72. The van der Waals surface area contributed by atoms with Crippen molar-refractivity contribution in [2.75, 3.05) is 0 Å². The van der Waals surface area contributed by atoms with Gasteiger partial charge in [-0.2, -0.15) is 5.26 Å². The lowest BCUT2D eigenvalue weighted by Gasteiger charge is -1.96. The van der Waals surface area contributed by atoms with Gasteiger partial charge in [0.1, 0.15) is 5.40 Å². The van der Waals surface area contributed by atoms with Crippen molar-refractivity contribution in [2.24, 2.45) is 0 Å². The SMILES string of the molecule is Cc1ccc2sc(SC#N)nc2c1S. The number of hydrogen-bond donors (Lipinski definition) is 1. The molecule has 0 aliphatic carbocycles. The monoisotopic (exact) mass is 238 g/mol. The molecule has 2 aromatic rings. The lowest BCUT2D eigenvalue weighted by molar-refractivity contribution is 1.25. The Morgan fingerprint density at radius 1 is 1.57 bits per heavy atom. The Morgan fingerprint density at radius 2 is 2.36 bits per heavy atom. The highest BCUT2D eigenvalue weighted by atomic mass is 32.2. The maximum absolute atomic E-state index is 8.53. The zero-order valence-electron chi connectivity index (χ0n) is 7.31. The summed E-state index contributed by atoms with van der Waals surface area (Å²) in [5, 5.41) is 10.5. The lowest BCUT2D eigenvalue weighted by atomic mass is 10.2. The Morgan fingerprint density at radius 3 is 3.07 bits per heavy atom. The second-order valence-corrected chi connectivity index (χ2v) is 5.26. The second kappa shape index (κ2) is 3.81. The third kappa shape index (κ3) is 1.61. The van der Waals surface area contributed by atoms with E-state index in [1.165, 1.54) is 11.3 Å². The quantitative estimate of drug-likeness (QED) is 0.469. The summed E-state index contributed by atoms with van der Waals surface area (Å²) in [6.07, 6.45) is 0. The summed E-state index contributed by atoms with van der Waals surface area (Å²) in [6.45, 7) is 2.00. The van der Waals surface area contributed by atoms with Gasteiger partial charge in [0, 0.05) is 16.7 Å². The van der Waals surface area contributed by atoms with Crippen LogP contribution in [-0.4, -0.2) is 4.98 Å². The zero-order valence-corrected chi connectivity index (χ0v) is 9.84. The fourth-order valence-corrected chi connectivity index (χ4v) is 2.93. The highest BCUT2D eigenvalue weighted by Crippen LogP contribution is 2.33. The number of aromatic nitrogens is 1. The molecule has 14 heavy (non-hydrogen) atoms. The maximum Gasteiger partial charge on any atom is 0.165 e. The molecule has 1 aromatic heterocycles. The lowest BCUT2D eigenvalue weighted by Crippen LogP contribution is -1.77. The first-order valence-corrected chi connectivity index (χ1v) is 5.95. The number of hydrogen-bond acceptors (Lipinski definition) is 5. The average Bonchev–Trinajstić information content (AvgIpc) is 2.56. The average molecular weight is 238 g/mol. The van der Waals surface area contributed by atoms with Crippen LogP contribution in [0.4, 0.5) is 0 Å². The van der Waals surface area contributed by atoms with Crippen LogP contribution in [0.5, 0.6) is 0 Å².